The average molecular weight is 366 g/mol. The van der Waals surface area contributed by atoms with Crippen LogP contribution in [0.1, 0.15) is 103 Å². The second-order valence-corrected chi connectivity index (χ2v) is 7.33. The molecule has 0 aliphatic rings. The van der Waals surface area contributed by atoms with Crippen molar-refractivity contribution in [2.75, 3.05) is 14.1 Å². The van der Waals surface area contributed by atoms with Gasteiger partial charge in [0.15, 0.2) is 6.29 Å². The molecule has 0 heterocycles. The molecule has 148 valence electrons. The highest BCUT2D eigenvalue weighted by Gasteiger charge is 2.17. The third kappa shape index (κ3) is 17.0. The maximum absolute atomic E-state index is 9.30. The topological polar surface area (TPSA) is 43.7 Å². The smallest absolute Gasteiger partial charge is 0.167 e. The highest BCUT2D eigenvalue weighted by molar-refractivity contribution is 5.85. The predicted octanol–water partition coefficient (Wildman–Crippen LogP) is 5.52. The van der Waals surface area contributed by atoms with Crippen LogP contribution in [0.4, 0.5) is 0 Å². The van der Waals surface area contributed by atoms with Gasteiger partial charge in [-0.15, -0.1) is 12.4 Å². The predicted molar refractivity (Wildman–Crippen MR) is 108 cm³/mol. The molecule has 0 amide bonds. The second-order valence-electron chi connectivity index (χ2n) is 7.33. The number of aliphatic hydroxyl groups excluding tert-OH is 1. The van der Waals surface area contributed by atoms with Gasteiger partial charge in [0.05, 0.1) is 6.04 Å². The van der Waals surface area contributed by atoms with Crippen molar-refractivity contribution in [3.05, 3.63) is 0 Å². The number of hydrogen-bond donors (Lipinski definition) is 2. The Morgan fingerprint density at radius 1 is 0.625 bits per heavy atom. The summed E-state index contributed by atoms with van der Waals surface area (Å²) in [6.07, 6.45) is 18.7. The zero-order valence-corrected chi connectivity index (χ0v) is 17.3. The van der Waals surface area contributed by atoms with Crippen molar-refractivity contribution >= 4 is 12.4 Å². The molecule has 0 saturated carbocycles. The van der Waals surface area contributed by atoms with Crippen LogP contribution in [0.15, 0.2) is 0 Å². The number of nitrogens with zero attached hydrogens (tertiary/aromatic N) is 1. The van der Waals surface area contributed by atoms with Gasteiger partial charge >= 0.3 is 0 Å². The molecule has 0 aliphatic carbocycles. The molecule has 0 bridgehead atoms. The van der Waals surface area contributed by atoms with E-state index in [-0.39, 0.29) is 18.4 Å². The summed E-state index contributed by atoms with van der Waals surface area (Å²) in [6, 6.07) is -0.118. The maximum atomic E-state index is 9.30. The summed E-state index contributed by atoms with van der Waals surface area (Å²) in [5.74, 6) is 0. The molecular weight excluding hydrogens is 322 g/mol. The van der Waals surface area contributed by atoms with Gasteiger partial charge in [0, 0.05) is 0 Å². The largest absolute Gasteiger partial charge is 0.367 e. The monoisotopic (exact) mass is 365 g/mol. The van der Waals surface area contributed by atoms with Crippen LogP contribution in [-0.2, 0) is 0 Å². The van der Waals surface area contributed by atoms with E-state index in [1.54, 1.807) is 0 Å². The van der Waals surface area contributed by atoms with Crippen molar-refractivity contribution < 1.29 is 10.2 Å². The first-order valence-electron chi connectivity index (χ1n) is 10.1. The van der Waals surface area contributed by atoms with E-state index in [9.17, 15) is 10.2 Å². The fourth-order valence-corrected chi connectivity index (χ4v) is 3.22. The minimum atomic E-state index is -1.22. The Morgan fingerprint density at radius 2 is 0.958 bits per heavy atom. The van der Waals surface area contributed by atoms with Gasteiger partial charge in [0.25, 0.3) is 0 Å². The van der Waals surface area contributed by atoms with E-state index in [0.717, 1.165) is 12.8 Å². The van der Waals surface area contributed by atoms with Gasteiger partial charge in [0.1, 0.15) is 0 Å². The Balaban J connectivity index is 0. The number of aliphatic hydroxyl groups is 2. The molecule has 0 aromatic carbocycles. The molecule has 0 radical (unpaired) electrons. The van der Waals surface area contributed by atoms with Crippen molar-refractivity contribution in [3.8, 4) is 0 Å². The van der Waals surface area contributed by atoms with Gasteiger partial charge in [-0.3, -0.25) is 0 Å². The zero-order valence-electron chi connectivity index (χ0n) is 16.5. The summed E-state index contributed by atoms with van der Waals surface area (Å²) in [4.78, 5) is 1.91. The molecule has 4 heteroatoms. The van der Waals surface area contributed by atoms with E-state index in [1.165, 1.54) is 83.5 Å². The van der Waals surface area contributed by atoms with Crippen molar-refractivity contribution in [1.29, 1.82) is 0 Å². The molecule has 0 spiro atoms. The summed E-state index contributed by atoms with van der Waals surface area (Å²) >= 11 is 0. The quantitative estimate of drug-likeness (QED) is 0.263. The SMILES string of the molecule is CCCCCCCCCCCCCCCCC(C(O)O)N(C)C.Cl. The highest BCUT2D eigenvalue weighted by atomic mass is 35.5. The molecule has 24 heavy (non-hydrogen) atoms. The lowest BCUT2D eigenvalue weighted by molar-refractivity contribution is -0.0934. The maximum Gasteiger partial charge on any atom is 0.167 e. The third-order valence-electron chi connectivity index (χ3n) is 4.86. The number of halogens is 1. The van der Waals surface area contributed by atoms with Crippen molar-refractivity contribution in [2.24, 2.45) is 0 Å². The van der Waals surface area contributed by atoms with E-state index < -0.39 is 6.29 Å². The van der Waals surface area contributed by atoms with Gasteiger partial charge < -0.3 is 15.1 Å². The van der Waals surface area contributed by atoms with Crippen molar-refractivity contribution in [2.45, 2.75) is 116 Å². The van der Waals surface area contributed by atoms with E-state index in [1.807, 2.05) is 19.0 Å². The average Bonchev–Trinajstić information content (AvgIpc) is 2.50. The summed E-state index contributed by atoms with van der Waals surface area (Å²) in [7, 11) is 3.82. The Bertz CT molecular complexity index is 230. The van der Waals surface area contributed by atoms with Gasteiger partial charge in [-0.2, -0.15) is 0 Å². The van der Waals surface area contributed by atoms with Gasteiger partial charge in [0.2, 0.25) is 0 Å². The van der Waals surface area contributed by atoms with Crippen LogP contribution in [0.5, 0.6) is 0 Å². The molecule has 0 aliphatic heterocycles. The van der Waals surface area contributed by atoms with Crippen LogP contribution in [0, 0.1) is 0 Å². The molecule has 2 N–H and O–H groups in total. The Morgan fingerprint density at radius 3 is 1.25 bits per heavy atom. The van der Waals surface area contributed by atoms with Crippen LogP contribution in [-0.4, -0.2) is 41.5 Å². The first-order valence-corrected chi connectivity index (χ1v) is 10.1. The lowest BCUT2D eigenvalue weighted by atomic mass is 10.0. The molecule has 3 nitrogen and oxygen atoms in total. The first-order chi connectivity index (χ1) is 11.1. The summed E-state index contributed by atoms with van der Waals surface area (Å²) in [5.41, 5.74) is 0. The number of rotatable bonds is 17. The lowest BCUT2D eigenvalue weighted by Crippen LogP contribution is -2.38. The Hall–Kier alpha value is 0.170. The Kier molecular flexibility index (Phi) is 21.4. The molecule has 1 atom stereocenters. The van der Waals surface area contributed by atoms with Gasteiger partial charge in [-0.05, 0) is 20.5 Å². The minimum Gasteiger partial charge on any atom is -0.367 e. The molecule has 0 aromatic rings. The van der Waals surface area contributed by atoms with E-state index >= 15 is 0 Å². The molecular formula is C20H44ClNO2. The first kappa shape index (κ1) is 26.4. The van der Waals surface area contributed by atoms with Crippen LogP contribution in [0.3, 0.4) is 0 Å². The normalized spacial score (nSPS) is 12.6. The van der Waals surface area contributed by atoms with Crippen molar-refractivity contribution in [3.63, 3.8) is 0 Å². The van der Waals surface area contributed by atoms with Crippen molar-refractivity contribution in [1.82, 2.24) is 4.90 Å². The third-order valence-corrected chi connectivity index (χ3v) is 4.86. The molecule has 0 fully saturated rings. The van der Waals surface area contributed by atoms with Crippen LogP contribution in [0.2, 0.25) is 0 Å². The molecule has 0 aromatic heterocycles. The standard InChI is InChI=1S/C20H43NO2.ClH/c1-4-5-6-7-8-9-10-11-12-13-14-15-16-17-18-19(20(22)23)21(2)3;/h19-20,22-23H,4-18H2,1-3H3;1H. The fourth-order valence-electron chi connectivity index (χ4n) is 3.22. The fraction of sp³-hybridized carbons (Fsp3) is 1.00. The van der Waals surface area contributed by atoms with E-state index in [0.29, 0.717) is 0 Å². The van der Waals surface area contributed by atoms with E-state index in [2.05, 4.69) is 6.92 Å². The minimum absolute atomic E-state index is 0. The number of likely N-dealkylation sites (N-methyl/N-ethyl adjacent to an activating group) is 1. The summed E-state index contributed by atoms with van der Waals surface area (Å²) < 4.78 is 0. The second kappa shape index (κ2) is 19.5. The zero-order chi connectivity index (χ0) is 17.3. The lowest BCUT2D eigenvalue weighted by Gasteiger charge is -2.25. The van der Waals surface area contributed by atoms with Crippen LogP contribution < -0.4 is 0 Å². The summed E-state index contributed by atoms with van der Waals surface area (Å²) in [6.45, 7) is 2.27. The molecule has 1 unspecified atom stereocenters. The highest BCUT2D eigenvalue weighted by Crippen LogP contribution is 2.15. The summed E-state index contributed by atoms with van der Waals surface area (Å²) in [5, 5.41) is 18.6. The molecule has 0 rings (SSSR count). The van der Waals surface area contributed by atoms with Gasteiger partial charge in [-0.1, -0.05) is 96.8 Å². The van der Waals surface area contributed by atoms with Crippen LogP contribution >= 0.6 is 12.4 Å². The van der Waals surface area contributed by atoms with Gasteiger partial charge in [-0.25, -0.2) is 0 Å². The molecule has 0 saturated heterocycles. The number of unbranched alkanes of at least 4 members (excludes halogenated alkanes) is 13. The van der Waals surface area contributed by atoms with Crippen LogP contribution in [0.25, 0.3) is 0 Å². The number of hydrogen-bond acceptors (Lipinski definition) is 3. The Labute approximate surface area is 157 Å². The van der Waals surface area contributed by atoms with E-state index in [4.69, 9.17) is 0 Å².